The molecule has 0 aromatic heterocycles. The van der Waals surface area contributed by atoms with E-state index < -0.39 is 73.3 Å². The summed E-state index contributed by atoms with van der Waals surface area (Å²) in [6.45, 7) is 0.909. The van der Waals surface area contributed by atoms with Crippen LogP contribution in [0.5, 0.6) is 0 Å². The number of carbonyl (C=O) groups excluding carboxylic acids is 2. The first-order valence-corrected chi connectivity index (χ1v) is 16.3. The van der Waals surface area contributed by atoms with Crippen LogP contribution in [0.4, 0.5) is 0 Å². The molecule has 46 heavy (non-hydrogen) atoms. The van der Waals surface area contributed by atoms with Crippen LogP contribution < -0.4 is 15.3 Å². The molecule has 4 aliphatic rings. The maximum absolute atomic E-state index is 13.1. The zero-order valence-corrected chi connectivity index (χ0v) is 26.7. The number of aliphatic carboxylic acids is 1. The number of hydrogen-bond acceptors (Lipinski definition) is 12. The van der Waals surface area contributed by atoms with E-state index in [2.05, 4.69) is 6.08 Å². The van der Waals surface area contributed by atoms with Gasteiger partial charge in [0.05, 0.1) is 64.2 Å². The fourth-order valence-corrected chi connectivity index (χ4v) is 6.95. The van der Waals surface area contributed by atoms with Gasteiger partial charge in [-0.3, -0.25) is 0 Å². The van der Waals surface area contributed by atoms with Gasteiger partial charge >= 0.3 is 5.97 Å². The van der Waals surface area contributed by atoms with E-state index in [1.165, 1.54) is 18.9 Å². The van der Waals surface area contributed by atoms with Gasteiger partial charge in [0.2, 0.25) is 6.29 Å². The Morgan fingerprint density at radius 1 is 1.11 bits per heavy atom. The van der Waals surface area contributed by atoms with Crippen molar-refractivity contribution in [2.24, 2.45) is 23.7 Å². The molecular weight excluding hydrogens is 604 g/mol. The fraction of sp³-hybridized carbons (Fsp3) is 0.750. The summed E-state index contributed by atoms with van der Waals surface area (Å²) in [5.41, 5.74) is 1.44. The number of aliphatic hydroxyl groups is 4. The largest absolute Gasteiger partial charge is 0.550 e. The van der Waals surface area contributed by atoms with Crippen LogP contribution in [0.2, 0.25) is 0 Å². The van der Waals surface area contributed by atoms with Crippen molar-refractivity contribution in [1.82, 2.24) is 0 Å². The maximum Gasteiger partial charge on any atom is 0.337 e. The number of nitrogens with one attached hydrogen (secondary N) is 1. The number of carbonyl (C=O) groups is 2. The number of aliphatic hydroxyl groups excluding tert-OH is 4. The topological polar surface area (TPSA) is 205 Å². The number of nitrogens with two attached hydrogens (primary N) is 1. The fourth-order valence-electron chi connectivity index (χ4n) is 6.95. The van der Waals surface area contributed by atoms with Crippen molar-refractivity contribution in [3.63, 3.8) is 0 Å². The predicted octanol–water partition coefficient (Wildman–Crippen LogP) is -3.67. The van der Waals surface area contributed by atoms with E-state index in [4.69, 9.17) is 23.7 Å². The number of carboxylic acids is 1. The molecule has 0 aromatic rings. The molecule has 0 amide bonds. The van der Waals surface area contributed by atoms with Gasteiger partial charge in [-0.2, -0.15) is 0 Å². The van der Waals surface area contributed by atoms with Crippen LogP contribution in [0, 0.1) is 23.7 Å². The third-order valence-corrected chi connectivity index (χ3v) is 9.37. The number of ether oxygens (including phenoxy) is 5. The first-order valence-electron chi connectivity index (χ1n) is 16.3. The highest BCUT2D eigenvalue weighted by Crippen LogP contribution is 2.39. The van der Waals surface area contributed by atoms with E-state index in [0.717, 1.165) is 37.0 Å². The molecule has 4 rings (SSSR count). The highest BCUT2D eigenvalue weighted by molar-refractivity contribution is 5.89. The van der Waals surface area contributed by atoms with E-state index in [1.54, 1.807) is 12.4 Å². The molecule has 1 aliphatic carbocycles. The van der Waals surface area contributed by atoms with Crippen LogP contribution in [0.25, 0.3) is 0 Å². The number of allylic oxidation sites excluding steroid dienone is 2. The van der Waals surface area contributed by atoms with Gasteiger partial charge < -0.3 is 64.2 Å². The lowest BCUT2D eigenvalue weighted by Gasteiger charge is -2.44. The van der Waals surface area contributed by atoms with E-state index in [9.17, 15) is 35.1 Å². The van der Waals surface area contributed by atoms with Crippen LogP contribution in [0.1, 0.15) is 38.5 Å². The number of likely N-dealkylation sites (tertiary alicyclic amines) is 1. The lowest BCUT2D eigenvalue weighted by Crippen LogP contribution is -3.15. The molecule has 0 aromatic carbocycles. The Kier molecular flexibility index (Phi) is 14.0. The first kappa shape index (κ1) is 36.4. The molecule has 260 valence electrons. The molecule has 0 spiro atoms. The van der Waals surface area contributed by atoms with Gasteiger partial charge in [-0.05, 0) is 32.1 Å². The minimum absolute atomic E-state index is 0.0670. The molecule has 11 unspecified atom stereocenters. The van der Waals surface area contributed by atoms with Gasteiger partial charge in [-0.25, -0.2) is 4.79 Å². The number of rotatable bonds is 13. The van der Waals surface area contributed by atoms with E-state index in [-0.39, 0.29) is 24.8 Å². The SMILES string of the molecule is C[NH2+]COC1C(OC2OC=C(C(=O)OC)C(C=CC3CC(C(=O)[O-])C[NH+](CCO)C3)C2C=C2CCCCC2)OC(CO)C(O)C1O. The molecule has 11 atom stereocenters. The standard InChI is InChI=1S/C32H50N2O12/c1-33-18-44-28-27(38)26(37)25(16-36)45-32(28)46-31-23(13-19-6-4-3-5-7-19)22(24(17-43-31)30(41)42-2)9-8-20-12-21(29(39)40)15-34(14-20)10-11-35/h8-9,13,17,20-23,25-28,31-33,35-38H,3-7,10-12,14-16,18H2,1-2H3,(H,39,40)/p+1. The summed E-state index contributed by atoms with van der Waals surface area (Å²) in [6.07, 6.45) is 5.13. The smallest absolute Gasteiger partial charge is 0.337 e. The van der Waals surface area contributed by atoms with Gasteiger partial charge in [0.1, 0.15) is 31.0 Å². The molecule has 2 saturated heterocycles. The van der Waals surface area contributed by atoms with Crippen LogP contribution in [0.15, 0.2) is 35.6 Å². The Hall–Kier alpha value is -2.40. The summed E-state index contributed by atoms with van der Waals surface area (Å²) in [7, 11) is 3.06. The Balaban J connectivity index is 1.69. The maximum atomic E-state index is 13.1. The van der Waals surface area contributed by atoms with Gasteiger partial charge in [0, 0.05) is 17.8 Å². The monoisotopic (exact) mass is 655 g/mol. The number of hydrogen-bond donors (Lipinski definition) is 6. The first-order chi connectivity index (χ1) is 22.2. The normalized spacial score (nSPS) is 37.0. The summed E-state index contributed by atoms with van der Waals surface area (Å²) in [4.78, 5) is 25.8. The van der Waals surface area contributed by atoms with E-state index in [0.29, 0.717) is 26.1 Å². The summed E-state index contributed by atoms with van der Waals surface area (Å²) in [6, 6.07) is 0. The lowest BCUT2D eigenvalue weighted by atomic mass is 9.79. The zero-order chi connectivity index (χ0) is 33.2. The Bertz CT molecular complexity index is 1090. The lowest BCUT2D eigenvalue weighted by molar-refractivity contribution is -0.911. The summed E-state index contributed by atoms with van der Waals surface area (Å²) in [5.74, 6) is -3.70. The number of piperidine rings is 1. The van der Waals surface area contributed by atoms with Crippen molar-refractivity contribution in [3.8, 4) is 0 Å². The van der Waals surface area contributed by atoms with Crippen molar-refractivity contribution >= 4 is 11.9 Å². The molecule has 7 N–H and O–H groups in total. The number of carboxylic acid groups (broad SMARTS) is 1. The second-order valence-electron chi connectivity index (χ2n) is 12.6. The van der Waals surface area contributed by atoms with Crippen molar-refractivity contribution in [3.05, 3.63) is 35.6 Å². The van der Waals surface area contributed by atoms with Crippen molar-refractivity contribution in [2.45, 2.75) is 75.5 Å². The Morgan fingerprint density at radius 3 is 2.52 bits per heavy atom. The third-order valence-electron chi connectivity index (χ3n) is 9.37. The number of quaternary nitrogens is 2. The van der Waals surface area contributed by atoms with Gasteiger partial charge in [0.15, 0.2) is 13.0 Å². The average molecular weight is 656 g/mol. The molecule has 0 radical (unpaired) electrons. The van der Waals surface area contributed by atoms with Gasteiger partial charge in [0.25, 0.3) is 0 Å². The van der Waals surface area contributed by atoms with Crippen molar-refractivity contribution < 1.29 is 69.0 Å². The Labute approximate surface area is 269 Å². The molecule has 0 bridgehead atoms. The van der Waals surface area contributed by atoms with Gasteiger partial charge in [-0.1, -0.05) is 30.2 Å². The molecule has 3 fully saturated rings. The quantitative estimate of drug-likeness (QED) is 0.0646. The van der Waals surface area contributed by atoms with Crippen molar-refractivity contribution in [2.75, 3.05) is 53.7 Å². The second-order valence-corrected chi connectivity index (χ2v) is 12.6. The molecule has 14 heteroatoms. The van der Waals surface area contributed by atoms with E-state index in [1.807, 2.05) is 12.2 Å². The summed E-state index contributed by atoms with van der Waals surface area (Å²) in [5, 5.41) is 54.3. The predicted molar refractivity (Wildman–Crippen MR) is 158 cm³/mol. The molecule has 3 heterocycles. The third kappa shape index (κ3) is 9.14. The molecule has 1 saturated carbocycles. The molecular formula is C32H51N2O12+. The highest BCUT2D eigenvalue weighted by atomic mass is 16.8. The highest BCUT2D eigenvalue weighted by Gasteiger charge is 2.49. The molecule has 3 aliphatic heterocycles. The number of esters is 1. The minimum Gasteiger partial charge on any atom is -0.550 e. The number of methoxy groups -OCH3 is 1. The van der Waals surface area contributed by atoms with Crippen LogP contribution in [0.3, 0.4) is 0 Å². The van der Waals surface area contributed by atoms with Gasteiger partial charge in [-0.15, -0.1) is 0 Å². The summed E-state index contributed by atoms with van der Waals surface area (Å²) >= 11 is 0. The van der Waals surface area contributed by atoms with Crippen LogP contribution >= 0.6 is 0 Å². The van der Waals surface area contributed by atoms with Crippen LogP contribution in [-0.2, 0) is 33.3 Å². The minimum atomic E-state index is -1.42. The second kappa shape index (κ2) is 17.7. The van der Waals surface area contributed by atoms with Crippen molar-refractivity contribution in [1.29, 1.82) is 0 Å². The summed E-state index contributed by atoms with van der Waals surface area (Å²) < 4.78 is 29.2. The zero-order valence-electron chi connectivity index (χ0n) is 26.7. The Morgan fingerprint density at radius 2 is 1.87 bits per heavy atom. The average Bonchev–Trinajstić information content (AvgIpc) is 3.06. The molecule has 14 nitrogen and oxygen atoms in total. The van der Waals surface area contributed by atoms with E-state index >= 15 is 0 Å². The van der Waals surface area contributed by atoms with Crippen LogP contribution in [-0.4, -0.2) is 123 Å².